The van der Waals surface area contributed by atoms with Gasteiger partial charge in [0.05, 0.1) is 24.1 Å². The fourth-order valence-corrected chi connectivity index (χ4v) is 3.75. The Morgan fingerprint density at radius 2 is 1.94 bits per heavy atom. The number of hydrogen-bond donors (Lipinski definition) is 3. The summed E-state index contributed by atoms with van der Waals surface area (Å²) >= 11 is 6.19. The zero-order valence-corrected chi connectivity index (χ0v) is 21.4. The molecule has 4 rings (SSSR count). The fraction of sp³-hybridized carbons (Fsp3) is 0.320. The van der Waals surface area contributed by atoms with Gasteiger partial charge in [0.1, 0.15) is 16.5 Å². The molecule has 0 saturated heterocycles. The highest BCUT2D eigenvalue weighted by Gasteiger charge is 2.18. The number of ether oxygens (including phenoxy) is 1. The minimum absolute atomic E-state index is 0.0400. The van der Waals surface area contributed by atoms with Gasteiger partial charge in [0, 0.05) is 54.9 Å². The number of halogens is 1. The third-order valence-electron chi connectivity index (χ3n) is 5.61. The minimum Gasteiger partial charge on any atom is -0.477 e. The van der Waals surface area contributed by atoms with Crippen LogP contribution in [0.4, 0.5) is 11.5 Å². The second-order valence-corrected chi connectivity index (χ2v) is 9.41. The molecule has 4 N–H and O–H groups in total. The Labute approximate surface area is 214 Å². The maximum atomic E-state index is 10.2. The maximum absolute atomic E-state index is 10.2. The van der Waals surface area contributed by atoms with E-state index in [0.717, 1.165) is 22.5 Å². The monoisotopic (exact) mass is 508 g/mol. The van der Waals surface area contributed by atoms with E-state index in [0.29, 0.717) is 41.3 Å². The average molecular weight is 509 g/mol. The Hall–Kier alpha value is -3.76. The minimum atomic E-state index is -0.966. The van der Waals surface area contributed by atoms with Gasteiger partial charge in [-0.15, -0.1) is 0 Å². The van der Waals surface area contributed by atoms with Crippen LogP contribution >= 0.6 is 11.6 Å². The Morgan fingerprint density at radius 3 is 2.64 bits per heavy atom. The quantitative estimate of drug-likeness (QED) is 0.286. The van der Waals surface area contributed by atoms with Gasteiger partial charge in [-0.25, -0.2) is 19.6 Å². The van der Waals surface area contributed by atoms with Crippen molar-refractivity contribution in [2.45, 2.75) is 38.8 Å². The van der Waals surface area contributed by atoms with E-state index in [4.69, 9.17) is 22.1 Å². The fourth-order valence-electron chi connectivity index (χ4n) is 3.59. The van der Waals surface area contributed by atoms with Gasteiger partial charge in [-0.05, 0) is 39.0 Å². The summed E-state index contributed by atoms with van der Waals surface area (Å²) in [5, 5.41) is 18.3. The van der Waals surface area contributed by atoms with Crippen LogP contribution in [0, 0.1) is 0 Å². The molecule has 0 aliphatic heterocycles. The topological polar surface area (TPSA) is 137 Å². The molecule has 4 heterocycles. The Morgan fingerprint density at radius 1 is 1.14 bits per heavy atom. The first-order chi connectivity index (χ1) is 17.1. The van der Waals surface area contributed by atoms with Crippen molar-refractivity contribution in [1.82, 2.24) is 29.7 Å². The van der Waals surface area contributed by atoms with Gasteiger partial charge in [-0.1, -0.05) is 17.7 Å². The number of pyridine rings is 2. The zero-order valence-electron chi connectivity index (χ0n) is 20.6. The summed E-state index contributed by atoms with van der Waals surface area (Å²) in [6.07, 6.45) is 7.30. The summed E-state index contributed by atoms with van der Waals surface area (Å²) in [5.74, 6) is 1.41. The lowest BCUT2D eigenvalue weighted by Gasteiger charge is -2.20. The van der Waals surface area contributed by atoms with E-state index in [2.05, 4.69) is 37.3 Å². The smallest absolute Gasteiger partial charge is 0.222 e. The zero-order chi connectivity index (χ0) is 25.9. The molecule has 0 aliphatic carbocycles. The van der Waals surface area contributed by atoms with Crippen LogP contribution in [-0.4, -0.2) is 47.5 Å². The van der Waals surface area contributed by atoms with E-state index in [9.17, 15) is 5.11 Å². The number of nitrogen functional groups attached to an aromatic ring is 1. The molecule has 0 unspecified atom stereocenters. The third kappa shape index (κ3) is 5.89. The van der Waals surface area contributed by atoms with Crippen molar-refractivity contribution in [3.8, 4) is 28.5 Å². The molecule has 0 radical (unpaired) electrons. The van der Waals surface area contributed by atoms with Crippen LogP contribution in [0.25, 0.3) is 22.6 Å². The normalized spacial score (nSPS) is 12.4. The molecule has 0 aromatic carbocycles. The molecule has 0 spiro atoms. The molecule has 0 amide bonds. The van der Waals surface area contributed by atoms with Gasteiger partial charge in [0.15, 0.2) is 5.82 Å². The third-order valence-corrected chi connectivity index (χ3v) is 5.82. The van der Waals surface area contributed by atoms with Gasteiger partial charge in [0.2, 0.25) is 5.88 Å². The summed E-state index contributed by atoms with van der Waals surface area (Å²) in [6, 6.07) is 7.16. The van der Waals surface area contributed by atoms with Crippen molar-refractivity contribution in [3.05, 3.63) is 59.8 Å². The molecule has 188 valence electrons. The van der Waals surface area contributed by atoms with Crippen molar-refractivity contribution < 1.29 is 9.84 Å². The lowest BCUT2D eigenvalue weighted by molar-refractivity contribution is 0.0782. The van der Waals surface area contributed by atoms with Crippen molar-refractivity contribution in [2.75, 3.05) is 17.7 Å². The van der Waals surface area contributed by atoms with Crippen LogP contribution in [0.3, 0.4) is 0 Å². The highest BCUT2D eigenvalue weighted by molar-refractivity contribution is 6.29. The van der Waals surface area contributed by atoms with E-state index < -0.39 is 5.60 Å². The molecule has 0 fully saturated rings. The van der Waals surface area contributed by atoms with E-state index in [1.54, 1.807) is 62.5 Å². The number of rotatable bonds is 9. The van der Waals surface area contributed by atoms with Crippen LogP contribution in [-0.2, 0) is 12.6 Å². The molecule has 11 heteroatoms. The predicted octanol–water partition coefficient (Wildman–Crippen LogP) is 4.07. The summed E-state index contributed by atoms with van der Waals surface area (Å²) in [7, 11) is 1.80. The van der Waals surface area contributed by atoms with E-state index in [1.807, 2.05) is 12.1 Å². The number of hydrogen-bond acceptors (Lipinski definition) is 9. The number of aliphatic hydroxyl groups is 1. The number of aryl methyl sites for hydroxylation is 1. The van der Waals surface area contributed by atoms with Gasteiger partial charge in [-0.3, -0.25) is 4.98 Å². The largest absolute Gasteiger partial charge is 0.477 e. The molecule has 4 aromatic rings. The number of nitrogens with two attached hydrogens (primary N) is 1. The lowest BCUT2D eigenvalue weighted by Crippen LogP contribution is -2.19. The molecule has 0 aliphatic rings. The first kappa shape index (κ1) is 25.3. The average Bonchev–Trinajstić information content (AvgIpc) is 3.19. The van der Waals surface area contributed by atoms with E-state index in [1.165, 1.54) is 0 Å². The van der Waals surface area contributed by atoms with Crippen molar-refractivity contribution >= 4 is 23.1 Å². The van der Waals surface area contributed by atoms with Crippen LogP contribution < -0.4 is 15.8 Å². The SMILES string of the molecule is C[C@@H](CCOc1c(-c2nccc(N)n2)cnn1C)Nc1cc(Cl)ncc1-c1ccc(C(C)(C)O)cn1. The second kappa shape index (κ2) is 10.5. The molecule has 36 heavy (non-hydrogen) atoms. The van der Waals surface area contributed by atoms with Crippen molar-refractivity contribution in [3.63, 3.8) is 0 Å². The van der Waals surface area contributed by atoms with Gasteiger partial charge in [0.25, 0.3) is 0 Å². The Bertz CT molecular complexity index is 1330. The van der Waals surface area contributed by atoms with E-state index >= 15 is 0 Å². The lowest BCUT2D eigenvalue weighted by atomic mass is 9.99. The van der Waals surface area contributed by atoms with Crippen LogP contribution in [0.15, 0.2) is 49.1 Å². The maximum Gasteiger partial charge on any atom is 0.222 e. The molecular weight excluding hydrogens is 480 g/mol. The van der Waals surface area contributed by atoms with Gasteiger partial charge >= 0.3 is 0 Å². The standard InChI is InChI=1S/C25H29ClN8O2/c1-15(8-10-36-24-18(14-31-34(24)4)23-28-9-7-22(27)33-23)32-20-11-21(26)30-13-17(20)19-6-5-16(12-29-19)25(2,3)35/h5-7,9,11-15,35H,8,10H2,1-4H3,(H,30,32)(H2,27,28,33)/t15-/m0/s1. The van der Waals surface area contributed by atoms with Crippen molar-refractivity contribution in [1.29, 1.82) is 0 Å². The Kier molecular flexibility index (Phi) is 7.37. The summed E-state index contributed by atoms with van der Waals surface area (Å²) < 4.78 is 7.70. The molecule has 10 nitrogen and oxygen atoms in total. The number of anilines is 2. The van der Waals surface area contributed by atoms with Gasteiger partial charge < -0.3 is 20.9 Å². The first-order valence-corrected chi connectivity index (χ1v) is 11.8. The highest BCUT2D eigenvalue weighted by Crippen LogP contribution is 2.31. The second-order valence-electron chi connectivity index (χ2n) is 9.02. The summed E-state index contributed by atoms with van der Waals surface area (Å²) in [4.78, 5) is 17.3. The Balaban J connectivity index is 1.44. The molecule has 1 atom stereocenters. The number of aromatic nitrogens is 6. The van der Waals surface area contributed by atoms with Crippen molar-refractivity contribution in [2.24, 2.45) is 7.05 Å². The summed E-state index contributed by atoms with van der Waals surface area (Å²) in [6.45, 7) is 5.93. The van der Waals surface area contributed by atoms with Crippen LogP contribution in [0.2, 0.25) is 5.15 Å². The molecular formula is C25H29ClN8O2. The van der Waals surface area contributed by atoms with Gasteiger partial charge in [-0.2, -0.15) is 5.10 Å². The highest BCUT2D eigenvalue weighted by atomic mass is 35.5. The predicted molar refractivity (Wildman–Crippen MR) is 140 cm³/mol. The first-order valence-electron chi connectivity index (χ1n) is 11.5. The molecule has 0 saturated carbocycles. The summed E-state index contributed by atoms with van der Waals surface area (Å²) in [5.41, 5.74) is 8.57. The number of nitrogens with zero attached hydrogens (tertiary/aromatic N) is 6. The van der Waals surface area contributed by atoms with E-state index in [-0.39, 0.29) is 6.04 Å². The van der Waals surface area contributed by atoms with Crippen LogP contribution in [0.5, 0.6) is 5.88 Å². The van der Waals surface area contributed by atoms with Crippen LogP contribution in [0.1, 0.15) is 32.8 Å². The molecule has 4 aromatic heterocycles. The number of nitrogens with one attached hydrogen (secondary N) is 1. The molecule has 0 bridgehead atoms.